The number of aromatic nitrogens is 1. The lowest BCUT2D eigenvalue weighted by molar-refractivity contribution is -0.140. The van der Waals surface area contributed by atoms with Crippen molar-refractivity contribution >= 4 is 41.0 Å². The molecule has 0 bridgehead atoms. The first-order valence-electron chi connectivity index (χ1n) is 8.11. The maximum Gasteiger partial charge on any atom is 0.316 e. The van der Waals surface area contributed by atoms with Crippen molar-refractivity contribution in [3.05, 3.63) is 30.5 Å². The van der Waals surface area contributed by atoms with E-state index >= 15 is 0 Å². The van der Waals surface area contributed by atoms with Crippen LogP contribution in [0.3, 0.4) is 0 Å². The molecular formula is C18H25ClN2O3S. The molecule has 2 rings (SSSR count). The van der Waals surface area contributed by atoms with Crippen molar-refractivity contribution in [3.8, 4) is 5.75 Å². The zero-order valence-corrected chi connectivity index (χ0v) is 16.5. The van der Waals surface area contributed by atoms with E-state index in [1.54, 1.807) is 13.3 Å². The maximum absolute atomic E-state index is 11.9. The zero-order valence-electron chi connectivity index (χ0n) is 14.9. The second kappa shape index (κ2) is 11.2. The van der Waals surface area contributed by atoms with Gasteiger partial charge in [-0.15, -0.1) is 24.2 Å². The van der Waals surface area contributed by atoms with E-state index < -0.39 is 0 Å². The topological polar surface area (TPSA) is 51.7 Å². The third-order valence-electron chi connectivity index (χ3n) is 3.82. The van der Waals surface area contributed by atoms with E-state index in [-0.39, 0.29) is 24.1 Å². The predicted molar refractivity (Wildman–Crippen MR) is 105 cm³/mol. The first-order chi connectivity index (χ1) is 11.7. The molecule has 0 aliphatic carbocycles. The number of pyridine rings is 1. The molecule has 0 N–H and O–H groups in total. The number of thioether (sulfide) groups is 1. The summed E-state index contributed by atoms with van der Waals surface area (Å²) in [6.07, 6.45) is 1.75. The lowest BCUT2D eigenvalue weighted by Gasteiger charge is -2.17. The molecule has 1 heterocycles. The lowest BCUT2D eigenvalue weighted by Crippen LogP contribution is -2.28. The number of carbonyl (C=O) groups excluding carboxylic acids is 1. The highest BCUT2D eigenvalue weighted by Gasteiger charge is 2.09. The minimum Gasteiger partial charge on any atom is -0.497 e. The van der Waals surface area contributed by atoms with Gasteiger partial charge in [-0.05, 0) is 37.4 Å². The molecule has 0 fully saturated rings. The summed E-state index contributed by atoms with van der Waals surface area (Å²) in [4.78, 5) is 19.5. The molecule has 0 spiro atoms. The lowest BCUT2D eigenvalue weighted by atomic mass is 10.2. The fraction of sp³-hybridized carbons (Fsp3) is 0.444. The van der Waals surface area contributed by atoms with E-state index in [1.165, 1.54) is 11.8 Å². The number of nitrogens with zero attached hydrogens (tertiary/aromatic N) is 2. The van der Waals surface area contributed by atoms with E-state index in [0.717, 1.165) is 41.2 Å². The molecule has 0 atom stereocenters. The molecule has 138 valence electrons. The minimum atomic E-state index is -0.194. The summed E-state index contributed by atoms with van der Waals surface area (Å²) in [6, 6.07) is 7.65. The fourth-order valence-electron chi connectivity index (χ4n) is 2.36. The summed E-state index contributed by atoms with van der Waals surface area (Å²) in [6.45, 7) is 7.35. The van der Waals surface area contributed by atoms with Gasteiger partial charge in [-0.1, -0.05) is 13.8 Å². The molecule has 0 radical (unpaired) electrons. The highest BCUT2D eigenvalue weighted by Crippen LogP contribution is 2.29. The summed E-state index contributed by atoms with van der Waals surface area (Å²) < 4.78 is 10.6. The first kappa shape index (κ1) is 21.5. The number of rotatable bonds is 9. The Bertz CT molecular complexity index is 680. The Labute approximate surface area is 159 Å². The summed E-state index contributed by atoms with van der Waals surface area (Å²) in [7, 11) is 1.64. The van der Waals surface area contributed by atoms with E-state index in [1.807, 2.05) is 24.3 Å². The minimum absolute atomic E-state index is 0. The van der Waals surface area contributed by atoms with Gasteiger partial charge in [0, 0.05) is 23.0 Å². The van der Waals surface area contributed by atoms with Crippen LogP contribution in [-0.4, -0.2) is 55.0 Å². The quantitative estimate of drug-likeness (QED) is 0.486. The summed E-state index contributed by atoms with van der Waals surface area (Å²) in [5.41, 5.74) is 0.885. The molecule has 0 unspecified atom stereocenters. The first-order valence-corrected chi connectivity index (χ1v) is 9.10. The van der Waals surface area contributed by atoms with Gasteiger partial charge in [-0.25, -0.2) is 0 Å². The molecular weight excluding hydrogens is 360 g/mol. The average Bonchev–Trinajstić information content (AvgIpc) is 2.63. The number of hydrogen-bond acceptors (Lipinski definition) is 6. The monoisotopic (exact) mass is 384 g/mol. The highest BCUT2D eigenvalue weighted by atomic mass is 35.5. The average molecular weight is 385 g/mol. The molecule has 1 aromatic heterocycles. The summed E-state index contributed by atoms with van der Waals surface area (Å²) >= 11 is 1.46. The summed E-state index contributed by atoms with van der Waals surface area (Å²) in [5.74, 6) is 0.869. The van der Waals surface area contributed by atoms with E-state index in [9.17, 15) is 4.79 Å². The van der Waals surface area contributed by atoms with Gasteiger partial charge in [0.2, 0.25) is 0 Å². The molecule has 25 heavy (non-hydrogen) atoms. The van der Waals surface area contributed by atoms with Gasteiger partial charge in [0.25, 0.3) is 0 Å². The van der Waals surface area contributed by atoms with Gasteiger partial charge in [0.1, 0.15) is 12.4 Å². The Balaban J connectivity index is 0.00000312. The van der Waals surface area contributed by atoms with Crippen LogP contribution in [0.5, 0.6) is 5.75 Å². The van der Waals surface area contributed by atoms with Crippen molar-refractivity contribution in [1.29, 1.82) is 0 Å². The molecule has 2 aromatic rings. The van der Waals surface area contributed by atoms with Gasteiger partial charge in [0.15, 0.2) is 0 Å². The number of fused-ring (bicyclic) bond motifs is 1. The van der Waals surface area contributed by atoms with Crippen LogP contribution in [0.2, 0.25) is 0 Å². The van der Waals surface area contributed by atoms with Gasteiger partial charge in [-0.2, -0.15) is 0 Å². The molecule has 1 aromatic carbocycles. The molecule has 0 amide bonds. The number of hydrogen-bond donors (Lipinski definition) is 0. The number of benzene rings is 1. The largest absolute Gasteiger partial charge is 0.497 e. The molecule has 5 nitrogen and oxygen atoms in total. The maximum atomic E-state index is 11.9. The van der Waals surface area contributed by atoms with Gasteiger partial charge in [0.05, 0.1) is 18.4 Å². The van der Waals surface area contributed by atoms with Crippen molar-refractivity contribution in [2.75, 3.05) is 39.1 Å². The Morgan fingerprint density at radius 2 is 2.00 bits per heavy atom. The Hall–Kier alpha value is -1.50. The Morgan fingerprint density at radius 3 is 2.68 bits per heavy atom. The number of carbonyl (C=O) groups is 1. The molecule has 0 saturated carbocycles. The van der Waals surface area contributed by atoms with Gasteiger partial charge >= 0.3 is 5.97 Å². The zero-order chi connectivity index (χ0) is 17.4. The highest BCUT2D eigenvalue weighted by molar-refractivity contribution is 8.00. The van der Waals surface area contributed by atoms with E-state index in [2.05, 4.69) is 23.7 Å². The van der Waals surface area contributed by atoms with Crippen molar-refractivity contribution < 1.29 is 14.3 Å². The molecule has 0 saturated heterocycles. The van der Waals surface area contributed by atoms with E-state index in [4.69, 9.17) is 9.47 Å². The Morgan fingerprint density at radius 1 is 1.24 bits per heavy atom. The molecule has 7 heteroatoms. The van der Waals surface area contributed by atoms with Crippen LogP contribution in [0.15, 0.2) is 35.4 Å². The number of esters is 1. The Kier molecular flexibility index (Phi) is 9.63. The van der Waals surface area contributed by atoms with Crippen LogP contribution in [-0.2, 0) is 9.53 Å². The van der Waals surface area contributed by atoms with Crippen LogP contribution in [0.25, 0.3) is 10.9 Å². The normalized spacial score (nSPS) is 10.6. The molecule has 0 aliphatic rings. The van der Waals surface area contributed by atoms with Crippen LogP contribution in [0.4, 0.5) is 0 Å². The number of ether oxygens (including phenoxy) is 2. The van der Waals surface area contributed by atoms with E-state index in [0.29, 0.717) is 6.61 Å². The van der Waals surface area contributed by atoms with Crippen molar-refractivity contribution in [2.24, 2.45) is 0 Å². The second-order valence-corrected chi connectivity index (χ2v) is 6.25. The summed E-state index contributed by atoms with van der Waals surface area (Å²) in [5, 5.41) is 0.984. The SMILES string of the molecule is CCN(CC)CCOC(=O)CSc1ccnc2ccc(OC)cc12.Cl. The third kappa shape index (κ3) is 6.38. The van der Waals surface area contributed by atoms with Gasteiger partial charge in [-0.3, -0.25) is 9.78 Å². The van der Waals surface area contributed by atoms with Crippen LogP contribution in [0, 0.1) is 0 Å². The smallest absolute Gasteiger partial charge is 0.316 e. The van der Waals surface area contributed by atoms with Crippen molar-refractivity contribution in [3.63, 3.8) is 0 Å². The van der Waals surface area contributed by atoms with Crippen molar-refractivity contribution in [2.45, 2.75) is 18.7 Å². The second-order valence-electron chi connectivity index (χ2n) is 5.23. The fourth-order valence-corrected chi connectivity index (χ4v) is 3.19. The van der Waals surface area contributed by atoms with Crippen LogP contribution < -0.4 is 4.74 Å². The number of methoxy groups -OCH3 is 1. The van der Waals surface area contributed by atoms with Crippen LogP contribution >= 0.6 is 24.2 Å². The number of likely N-dealkylation sites (N-methyl/N-ethyl adjacent to an activating group) is 1. The van der Waals surface area contributed by atoms with Crippen LogP contribution in [0.1, 0.15) is 13.8 Å². The van der Waals surface area contributed by atoms with Gasteiger partial charge < -0.3 is 14.4 Å². The standard InChI is InChI=1S/C18H24N2O3S.ClH/c1-4-20(5-2)10-11-23-18(21)13-24-17-8-9-19-16-7-6-14(22-3)12-15(16)17;/h6-9,12H,4-5,10-11,13H2,1-3H3;1H. The molecule has 0 aliphatic heterocycles. The predicted octanol–water partition coefficient (Wildman–Crippen LogP) is 3.64. The number of halogens is 1. The third-order valence-corrected chi connectivity index (χ3v) is 4.87. The van der Waals surface area contributed by atoms with Crippen molar-refractivity contribution in [1.82, 2.24) is 9.88 Å².